The number of nitrogens with two attached hydrogens (primary N) is 2. The number of nitrogen functional groups attached to an aromatic ring is 1. The van der Waals surface area contributed by atoms with Crippen LogP contribution in [-0.2, 0) is 6.54 Å². The Morgan fingerprint density at radius 3 is 2.93 bits per heavy atom. The van der Waals surface area contributed by atoms with Crippen LogP contribution >= 0.6 is 0 Å². The lowest BCUT2D eigenvalue weighted by atomic mass is 10.2. The topological polar surface area (TPSA) is 82.8 Å². The molecule has 72 valence electrons. The monoisotopic (exact) mass is 189 g/mol. The van der Waals surface area contributed by atoms with Gasteiger partial charge in [-0.2, -0.15) is 5.10 Å². The molecule has 0 saturated carbocycles. The molecule has 0 fully saturated rings. The van der Waals surface area contributed by atoms with E-state index in [9.17, 15) is 0 Å². The standard InChI is InChI=1S/C9H11N5/c10-4-7-1-2-12-9(3-7)14-6-8(11)5-13-14/h1-3,5-6H,4,10-11H2. The molecule has 2 rings (SSSR count). The van der Waals surface area contributed by atoms with Crippen molar-refractivity contribution in [2.24, 2.45) is 5.73 Å². The first-order valence-electron chi connectivity index (χ1n) is 4.25. The highest BCUT2D eigenvalue weighted by molar-refractivity contribution is 5.35. The number of anilines is 1. The van der Waals surface area contributed by atoms with Crippen LogP contribution in [-0.4, -0.2) is 14.8 Å². The lowest BCUT2D eigenvalue weighted by Crippen LogP contribution is -2.01. The van der Waals surface area contributed by atoms with Crippen LogP contribution in [0.1, 0.15) is 5.56 Å². The zero-order chi connectivity index (χ0) is 9.97. The summed E-state index contributed by atoms with van der Waals surface area (Å²) in [5, 5.41) is 4.05. The SMILES string of the molecule is NCc1ccnc(-n2cc(N)cn2)c1. The summed E-state index contributed by atoms with van der Waals surface area (Å²) in [5.41, 5.74) is 12.7. The maximum Gasteiger partial charge on any atom is 0.153 e. The van der Waals surface area contributed by atoms with E-state index in [0.717, 1.165) is 11.4 Å². The third kappa shape index (κ3) is 1.57. The van der Waals surface area contributed by atoms with Gasteiger partial charge in [-0.25, -0.2) is 9.67 Å². The first kappa shape index (κ1) is 8.71. The summed E-state index contributed by atoms with van der Waals surface area (Å²) in [5.74, 6) is 0.727. The smallest absolute Gasteiger partial charge is 0.153 e. The van der Waals surface area contributed by atoms with Crippen molar-refractivity contribution in [3.05, 3.63) is 36.3 Å². The number of hydrogen-bond donors (Lipinski definition) is 2. The predicted molar refractivity (Wildman–Crippen MR) is 53.7 cm³/mol. The molecule has 0 aliphatic rings. The summed E-state index contributed by atoms with van der Waals surface area (Å²) in [4.78, 5) is 4.16. The van der Waals surface area contributed by atoms with Gasteiger partial charge in [0.2, 0.25) is 0 Å². The van der Waals surface area contributed by atoms with E-state index in [4.69, 9.17) is 11.5 Å². The lowest BCUT2D eigenvalue weighted by Gasteiger charge is -2.01. The van der Waals surface area contributed by atoms with Crippen molar-refractivity contribution in [3.63, 3.8) is 0 Å². The minimum atomic E-state index is 0.492. The van der Waals surface area contributed by atoms with Crippen LogP contribution in [0.2, 0.25) is 0 Å². The third-order valence-electron chi connectivity index (χ3n) is 1.88. The predicted octanol–water partition coefficient (Wildman–Crippen LogP) is 0.308. The van der Waals surface area contributed by atoms with Gasteiger partial charge in [-0.1, -0.05) is 0 Å². The first-order chi connectivity index (χ1) is 6.79. The van der Waals surface area contributed by atoms with Crippen LogP contribution in [0.5, 0.6) is 0 Å². The van der Waals surface area contributed by atoms with Crippen molar-refractivity contribution in [2.75, 3.05) is 5.73 Å². The van der Waals surface area contributed by atoms with Crippen molar-refractivity contribution in [3.8, 4) is 5.82 Å². The summed E-state index contributed by atoms with van der Waals surface area (Å²) >= 11 is 0. The third-order valence-corrected chi connectivity index (χ3v) is 1.88. The van der Waals surface area contributed by atoms with Crippen LogP contribution in [0, 0.1) is 0 Å². The minimum absolute atomic E-state index is 0.492. The van der Waals surface area contributed by atoms with Gasteiger partial charge in [0.1, 0.15) is 0 Å². The molecule has 0 aliphatic carbocycles. The quantitative estimate of drug-likeness (QED) is 0.712. The Morgan fingerprint density at radius 1 is 1.43 bits per heavy atom. The molecule has 0 spiro atoms. The van der Waals surface area contributed by atoms with Gasteiger partial charge in [-0.05, 0) is 17.7 Å². The van der Waals surface area contributed by atoms with Crippen LogP contribution in [0.25, 0.3) is 5.82 Å². The van der Waals surface area contributed by atoms with E-state index < -0.39 is 0 Å². The molecular formula is C9H11N5. The average Bonchev–Trinajstić information content (AvgIpc) is 2.65. The number of rotatable bonds is 2. The number of nitrogens with zero attached hydrogens (tertiary/aromatic N) is 3. The van der Waals surface area contributed by atoms with E-state index in [2.05, 4.69) is 10.1 Å². The van der Waals surface area contributed by atoms with Gasteiger partial charge in [0.15, 0.2) is 5.82 Å². The van der Waals surface area contributed by atoms with E-state index in [-0.39, 0.29) is 0 Å². The number of pyridine rings is 1. The molecule has 0 unspecified atom stereocenters. The Kier molecular flexibility index (Phi) is 2.16. The minimum Gasteiger partial charge on any atom is -0.396 e. The van der Waals surface area contributed by atoms with Crippen molar-refractivity contribution in [2.45, 2.75) is 6.54 Å². The first-order valence-corrected chi connectivity index (χ1v) is 4.25. The van der Waals surface area contributed by atoms with E-state index >= 15 is 0 Å². The highest BCUT2D eigenvalue weighted by Gasteiger charge is 2.00. The molecule has 0 saturated heterocycles. The van der Waals surface area contributed by atoms with Crippen molar-refractivity contribution >= 4 is 5.69 Å². The van der Waals surface area contributed by atoms with Gasteiger partial charge in [-0.3, -0.25) is 0 Å². The second-order valence-corrected chi connectivity index (χ2v) is 2.94. The molecule has 0 radical (unpaired) electrons. The molecule has 2 aromatic heterocycles. The van der Waals surface area contributed by atoms with E-state index in [1.165, 1.54) is 0 Å². The molecule has 5 nitrogen and oxygen atoms in total. The molecule has 14 heavy (non-hydrogen) atoms. The van der Waals surface area contributed by atoms with Gasteiger partial charge in [0, 0.05) is 12.7 Å². The maximum absolute atomic E-state index is 5.55. The largest absolute Gasteiger partial charge is 0.396 e. The molecule has 5 heteroatoms. The Balaban J connectivity index is 2.41. The molecule has 4 N–H and O–H groups in total. The second-order valence-electron chi connectivity index (χ2n) is 2.94. The van der Waals surface area contributed by atoms with Crippen LogP contribution in [0.4, 0.5) is 5.69 Å². The summed E-state index contributed by atoms with van der Waals surface area (Å²) in [6, 6.07) is 3.75. The van der Waals surface area contributed by atoms with Gasteiger partial charge in [-0.15, -0.1) is 0 Å². The Labute approximate surface area is 81.4 Å². The fourth-order valence-electron chi connectivity index (χ4n) is 1.17. The summed E-state index contributed by atoms with van der Waals surface area (Å²) in [6.45, 7) is 0.492. The zero-order valence-corrected chi connectivity index (χ0v) is 7.59. The Bertz CT molecular complexity index is 434. The summed E-state index contributed by atoms with van der Waals surface area (Å²) < 4.78 is 1.62. The van der Waals surface area contributed by atoms with E-state index in [1.807, 2.05) is 12.1 Å². The van der Waals surface area contributed by atoms with Gasteiger partial charge in [0.05, 0.1) is 18.1 Å². The fourth-order valence-corrected chi connectivity index (χ4v) is 1.17. The highest BCUT2D eigenvalue weighted by Crippen LogP contribution is 2.08. The zero-order valence-electron chi connectivity index (χ0n) is 7.59. The molecule has 2 heterocycles. The molecule has 0 amide bonds. The van der Waals surface area contributed by atoms with Gasteiger partial charge >= 0.3 is 0 Å². The fraction of sp³-hybridized carbons (Fsp3) is 0.111. The molecular weight excluding hydrogens is 178 g/mol. The van der Waals surface area contributed by atoms with Crippen LogP contribution < -0.4 is 11.5 Å². The van der Waals surface area contributed by atoms with Gasteiger partial charge in [0.25, 0.3) is 0 Å². The van der Waals surface area contributed by atoms with Crippen molar-refractivity contribution < 1.29 is 0 Å². The molecule has 0 atom stereocenters. The summed E-state index contributed by atoms with van der Waals surface area (Å²) in [6.07, 6.45) is 4.99. The number of aromatic nitrogens is 3. The second kappa shape index (κ2) is 3.47. The normalized spacial score (nSPS) is 10.4. The Morgan fingerprint density at radius 2 is 2.29 bits per heavy atom. The molecule has 0 aliphatic heterocycles. The van der Waals surface area contributed by atoms with Crippen molar-refractivity contribution in [1.82, 2.24) is 14.8 Å². The van der Waals surface area contributed by atoms with E-state index in [1.54, 1.807) is 23.3 Å². The maximum atomic E-state index is 5.55. The summed E-state index contributed by atoms with van der Waals surface area (Å²) in [7, 11) is 0. The van der Waals surface area contributed by atoms with Gasteiger partial charge < -0.3 is 11.5 Å². The molecule has 0 bridgehead atoms. The molecule has 0 aromatic carbocycles. The average molecular weight is 189 g/mol. The lowest BCUT2D eigenvalue weighted by molar-refractivity contribution is 0.841. The Hall–Kier alpha value is -1.88. The van der Waals surface area contributed by atoms with Crippen LogP contribution in [0.15, 0.2) is 30.7 Å². The van der Waals surface area contributed by atoms with Crippen molar-refractivity contribution in [1.29, 1.82) is 0 Å². The van der Waals surface area contributed by atoms with Crippen LogP contribution in [0.3, 0.4) is 0 Å². The number of hydrogen-bond acceptors (Lipinski definition) is 4. The highest BCUT2D eigenvalue weighted by atomic mass is 15.3. The van der Waals surface area contributed by atoms with E-state index in [0.29, 0.717) is 12.2 Å². The molecule has 2 aromatic rings.